The highest BCUT2D eigenvalue weighted by Crippen LogP contribution is 2.38. The molecule has 5 nitrogen and oxygen atoms in total. The summed E-state index contributed by atoms with van der Waals surface area (Å²) in [6.07, 6.45) is 6.31. The second-order valence-electron chi connectivity index (χ2n) is 8.35. The van der Waals surface area contributed by atoms with Gasteiger partial charge in [-0.2, -0.15) is 0 Å². The Morgan fingerprint density at radius 2 is 1.94 bits per heavy atom. The number of hydrogen-bond acceptors (Lipinski definition) is 5. The molecule has 2 aromatic heterocycles. The third kappa shape index (κ3) is 5.42. The lowest BCUT2D eigenvalue weighted by Gasteiger charge is -2.45. The van der Waals surface area contributed by atoms with Crippen molar-refractivity contribution >= 4 is 17.3 Å². The smallest absolute Gasteiger partial charge is 0.141 e. The molecule has 2 unspecified atom stereocenters. The average Bonchev–Trinajstić information content (AvgIpc) is 2.82. The first kappa shape index (κ1) is 24.5. The van der Waals surface area contributed by atoms with E-state index in [0.717, 1.165) is 48.6 Å². The van der Waals surface area contributed by atoms with Crippen molar-refractivity contribution in [1.82, 2.24) is 14.9 Å². The van der Waals surface area contributed by atoms with Gasteiger partial charge in [-0.15, -0.1) is 0 Å². The van der Waals surface area contributed by atoms with Gasteiger partial charge >= 0.3 is 0 Å². The SMILES string of the molecule is C/C=C(\C)C(OC1(C(C)=NC)CCN(C(C)c2ccc(F)cn2)CC1)c1cc(Cl)ccn1. The van der Waals surface area contributed by atoms with E-state index in [9.17, 15) is 4.39 Å². The van der Waals surface area contributed by atoms with Crippen molar-refractivity contribution in [2.75, 3.05) is 20.1 Å². The van der Waals surface area contributed by atoms with E-state index in [1.54, 1.807) is 18.3 Å². The molecular formula is C25H32ClFN4O. The second kappa shape index (κ2) is 10.6. The van der Waals surface area contributed by atoms with E-state index in [4.69, 9.17) is 16.3 Å². The van der Waals surface area contributed by atoms with Gasteiger partial charge in [0.2, 0.25) is 0 Å². The van der Waals surface area contributed by atoms with Crippen LogP contribution in [0.3, 0.4) is 0 Å². The van der Waals surface area contributed by atoms with E-state index in [0.29, 0.717) is 5.02 Å². The summed E-state index contributed by atoms with van der Waals surface area (Å²) in [6, 6.07) is 6.95. The molecule has 3 rings (SSSR count). The van der Waals surface area contributed by atoms with Crippen LogP contribution >= 0.6 is 11.6 Å². The molecule has 2 atom stereocenters. The summed E-state index contributed by atoms with van der Waals surface area (Å²) >= 11 is 6.25. The maximum absolute atomic E-state index is 13.3. The third-order valence-electron chi connectivity index (χ3n) is 6.55. The molecule has 0 aliphatic carbocycles. The van der Waals surface area contributed by atoms with Crippen LogP contribution in [0.4, 0.5) is 4.39 Å². The minimum absolute atomic E-state index is 0.0927. The number of piperidine rings is 1. The monoisotopic (exact) mass is 458 g/mol. The van der Waals surface area contributed by atoms with Crippen molar-refractivity contribution in [3.05, 3.63) is 70.5 Å². The number of likely N-dealkylation sites (tertiary alicyclic amines) is 1. The van der Waals surface area contributed by atoms with Crippen molar-refractivity contribution in [2.45, 2.75) is 58.3 Å². The molecule has 0 amide bonds. The van der Waals surface area contributed by atoms with E-state index >= 15 is 0 Å². The van der Waals surface area contributed by atoms with Crippen molar-refractivity contribution in [3.8, 4) is 0 Å². The third-order valence-corrected chi connectivity index (χ3v) is 6.79. The average molecular weight is 459 g/mol. The minimum Gasteiger partial charge on any atom is -0.355 e. The summed E-state index contributed by atoms with van der Waals surface area (Å²) in [6.45, 7) is 9.83. The van der Waals surface area contributed by atoms with Crippen LogP contribution in [0.1, 0.15) is 64.1 Å². The number of pyridine rings is 2. The molecule has 0 saturated carbocycles. The lowest BCUT2D eigenvalue weighted by molar-refractivity contribution is -0.0750. The van der Waals surface area contributed by atoms with E-state index in [-0.39, 0.29) is 18.0 Å². The van der Waals surface area contributed by atoms with Gasteiger partial charge in [-0.05, 0) is 70.4 Å². The van der Waals surface area contributed by atoms with Crippen LogP contribution in [-0.4, -0.2) is 46.3 Å². The lowest BCUT2D eigenvalue weighted by atomic mass is 9.85. The molecule has 0 spiro atoms. The van der Waals surface area contributed by atoms with Gasteiger partial charge in [0.1, 0.15) is 17.5 Å². The quantitative estimate of drug-likeness (QED) is 0.378. The summed E-state index contributed by atoms with van der Waals surface area (Å²) in [4.78, 5) is 15.7. The second-order valence-corrected chi connectivity index (χ2v) is 8.78. The van der Waals surface area contributed by atoms with Gasteiger partial charge in [-0.3, -0.25) is 19.9 Å². The van der Waals surface area contributed by atoms with Crippen LogP contribution in [0, 0.1) is 5.82 Å². The number of allylic oxidation sites excluding steroid dienone is 1. The van der Waals surface area contributed by atoms with Gasteiger partial charge in [0.25, 0.3) is 0 Å². The Morgan fingerprint density at radius 3 is 2.50 bits per heavy atom. The molecule has 1 aliphatic heterocycles. The van der Waals surface area contributed by atoms with Crippen molar-refractivity contribution in [3.63, 3.8) is 0 Å². The lowest BCUT2D eigenvalue weighted by Crippen LogP contribution is -2.51. The number of hydrogen-bond donors (Lipinski definition) is 0. The molecule has 3 heterocycles. The Balaban J connectivity index is 1.84. The first-order chi connectivity index (χ1) is 15.3. The molecule has 1 saturated heterocycles. The predicted octanol–water partition coefficient (Wildman–Crippen LogP) is 5.98. The van der Waals surface area contributed by atoms with Gasteiger partial charge in [0.05, 0.1) is 17.6 Å². The number of aliphatic imine (C=N–C) groups is 1. The van der Waals surface area contributed by atoms with Crippen LogP contribution < -0.4 is 0 Å². The maximum atomic E-state index is 13.3. The molecule has 172 valence electrons. The fourth-order valence-electron chi connectivity index (χ4n) is 4.19. The summed E-state index contributed by atoms with van der Waals surface area (Å²) in [5.74, 6) is -0.318. The number of rotatable bonds is 7. The zero-order chi connectivity index (χ0) is 23.3. The Kier molecular flexibility index (Phi) is 8.15. The first-order valence-electron chi connectivity index (χ1n) is 11.0. The molecule has 0 N–H and O–H groups in total. The van der Waals surface area contributed by atoms with Gasteiger partial charge in [-0.1, -0.05) is 17.7 Å². The van der Waals surface area contributed by atoms with Crippen LogP contribution in [0.2, 0.25) is 5.02 Å². The Morgan fingerprint density at radius 1 is 1.22 bits per heavy atom. The van der Waals surface area contributed by atoms with Crippen molar-refractivity contribution in [1.29, 1.82) is 0 Å². The molecular weight excluding hydrogens is 427 g/mol. The molecule has 0 aromatic carbocycles. The number of aromatic nitrogens is 2. The fourth-order valence-corrected chi connectivity index (χ4v) is 4.36. The van der Waals surface area contributed by atoms with Gasteiger partial charge in [-0.25, -0.2) is 4.39 Å². The first-order valence-corrected chi connectivity index (χ1v) is 11.4. The normalized spacial score (nSPS) is 19.6. The highest BCUT2D eigenvalue weighted by molar-refractivity contribution is 6.30. The Hall–Kier alpha value is -2.15. The molecule has 2 aromatic rings. The van der Waals surface area contributed by atoms with E-state index in [1.165, 1.54) is 12.3 Å². The number of ether oxygens (including phenoxy) is 1. The Bertz CT molecular complexity index is 968. The van der Waals surface area contributed by atoms with E-state index in [2.05, 4.69) is 39.8 Å². The molecule has 0 radical (unpaired) electrons. The summed E-state index contributed by atoms with van der Waals surface area (Å²) in [5.41, 5.74) is 3.21. The zero-order valence-electron chi connectivity index (χ0n) is 19.5. The highest BCUT2D eigenvalue weighted by Gasteiger charge is 2.42. The van der Waals surface area contributed by atoms with Gasteiger partial charge in [0, 0.05) is 43.1 Å². The predicted molar refractivity (Wildman–Crippen MR) is 128 cm³/mol. The van der Waals surface area contributed by atoms with E-state index in [1.807, 2.05) is 27.0 Å². The molecule has 7 heteroatoms. The number of nitrogens with zero attached hydrogens (tertiary/aromatic N) is 4. The standard InChI is InChI=1S/C25H32ClFN4O/c1-6-17(2)24(23-15-20(26)9-12-29-23)32-25(19(4)28-5)10-13-31(14-11-25)18(3)22-8-7-21(27)16-30-22/h6-9,12,15-16,18,24H,10-11,13-14H2,1-5H3/b17-6+,28-19?. The van der Waals surface area contributed by atoms with Crippen LogP contribution in [-0.2, 0) is 4.74 Å². The molecule has 1 aliphatic rings. The largest absolute Gasteiger partial charge is 0.355 e. The fraction of sp³-hybridized carbons (Fsp3) is 0.480. The molecule has 0 bridgehead atoms. The Labute approximate surface area is 195 Å². The van der Waals surface area contributed by atoms with E-state index < -0.39 is 5.60 Å². The molecule has 32 heavy (non-hydrogen) atoms. The topological polar surface area (TPSA) is 50.6 Å². The zero-order valence-corrected chi connectivity index (χ0v) is 20.2. The number of halogens is 2. The van der Waals surface area contributed by atoms with Crippen LogP contribution in [0.25, 0.3) is 0 Å². The van der Waals surface area contributed by atoms with Gasteiger partial charge in [0.15, 0.2) is 0 Å². The van der Waals surface area contributed by atoms with Gasteiger partial charge < -0.3 is 4.74 Å². The minimum atomic E-state index is -0.500. The maximum Gasteiger partial charge on any atom is 0.141 e. The van der Waals surface area contributed by atoms with Crippen LogP contribution in [0.5, 0.6) is 0 Å². The summed E-state index contributed by atoms with van der Waals surface area (Å²) < 4.78 is 20.1. The van der Waals surface area contributed by atoms with Crippen molar-refractivity contribution in [2.24, 2.45) is 4.99 Å². The van der Waals surface area contributed by atoms with Crippen molar-refractivity contribution < 1.29 is 9.13 Å². The van der Waals surface area contributed by atoms with Crippen LogP contribution in [0.15, 0.2) is 53.3 Å². The summed E-state index contributed by atoms with van der Waals surface area (Å²) in [5, 5.41) is 0.637. The highest BCUT2D eigenvalue weighted by atomic mass is 35.5. The molecule has 1 fully saturated rings. The summed E-state index contributed by atoms with van der Waals surface area (Å²) in [7, 11) is 1.81.